The van der Waals surface area contributed by atoms with Gasteiger partial charge in [-0.15, -0.1) is 21.5 Å². The summed E-state index contributed by atoms with van der Waals surface area (Å²) in [5.74, 6) is 1.75. The van der Waals surface area contributed by atoms with Crippen LogP contribution in [0.3, 0.4) is 0 Å². The minimum atomic E-state index is 0.820. The molecule has 15 heavy (non-hydrogen) atoms. The average Bonchev–Trinajstić information content (AvgIpc) is 2.60. The lowest BCUT2D eigenvalue weighted by molar-refractivity contribution is 0.865. The van der Waals surface area contributed by atoms with Gasteiger partial charge in [-0.1, -0.05) is 0 Å². The SMILES string of the molecule is Cc1sc(N)c(-c2nnc(C)n2C)c1C. The summed E-state index contributed by atoms with van der Waals surface area (Å²) in [5, 5.41) is 9.03. The summed E-state index contributed by atoms with van der Waals surface area (Å²) >= 11 is 1.61. The summed E-state index contributed by atoms with van der Waals surface area (Å²) in [5.41, 5.74) is 8.22. The van der Waals surface area contributed by atoms with Crippen LogP contribution in [0.1, 0.15) is 16.3 Å². The molecule has 0 aliphatic rings. The minimum absolute atomic E-state index is 0.820. The number of rotatable bonds is 1. The first-order valence-electron chi connectivity index (χ1n) is 4.74. The lowest BCUT2D eigenvalue weighted by Crippen LogP contribution is -1.97. The maximum Gasteiger partial charge on any atom is 0.166 e. The molecule has 5 heteroatoms. The Bertz CT molecular complexity index is 510. The maximum atomic E-state index is 5.99. The van der Waals surface area contributed by atoms with Crippen LogP contribution >= 0.6 is 11.3 Å². The van der Waals surface area contributed by atoms with Gasteiger partial charge in [-0.25, -0.2) is 0 Å². The molecule has 0 atom stereocenters. The van der Waals surface area contributed by atoms with Gasteiger partial charge in [0.05, 0.1) is 10.6 Å². The van der Waals surface area contributed by atoms with Crippen molar-refractivity contribution in [3.05, 3.63) is 16.3 Å². The average molecular weight is 222 g/mol. The Kier molecular flexibility index (Phi) is 2.26. The first kappa shape index (κ1) is 10.2. The fourth-order valence-electron chi connectivity index (χ4n) is 1.56. The molecule has 4 nitrogen and oxygen atoms in total. The van der Waals surface area contributed by atoms with Crippen LogP contribution in [0, 0.1) is 20.8 Å². The summed E-state index contributed by atoms with van der Waals surface area (Å²) in [6.45, 7) is 6.08. The van der Waals surface area contributed by atoms with Crippen LogP contribution < -0.4 is 5.73 Å². The highest BCUT2D eigenvalue weighted by molar-refractivity contribution is 7.16. The van der Waals surface area contributed by atoms with Crippen LogP contribution in [0.15, 0.2) is 0 Å². The Hall–Kier alpha value is -1.36. The van der Waals surface area contributed by atoms with Crippen LogP contribution in [0.5, 0.6) is 0 Å². The Morgan fingerprint density at radius 1 is 1.20 bits per heavy atom. The first-order valence-corrected chi connectivity index (χ1v) is 5.56. The molecule has 0 amide bonds. The number of aromatic nitrogens is 3. The lowest BCUT2D eigenvalue weighted by Gasteiger charge is -2.02. The number of hydrogen-bond acceptors (Lipinski definition) is 4. The van der Waals surface area contributed by atoms with Crippen molar-refractivity contribution in [1.29, 1.82) is 0 Å². The van der Waals surface area contributed by atoms with E-state index >= 15 is 0 Å². The fraction of sp³-hybridized carbons (Fsp3) is 0.400. The number of hydrogen-bond donors (Lipinski definition) is 1. The van der Waals surface area contributed by atoms with Crippen LogP contribution in [0.2, 0.25) is 0 Å². The zero-order valence-corrected chi connectivity index (χ0v) is 10.1. The van der Waals surface area contributed by atoms with Gasteiger partial charge >= 0.3 is 0 Å². The molecule has 2 aromatic heterocycles. The van der Waals surface area contributed by atoms with E-state index in [0.717, 1.165) is 22.2 Å². The van der Waals surface area contributed by atoms with Gasteiger partial charge in [0.15, 0.2) is 5.82 Å². The normalized spacial score (nSPS) is 10.9. The highest BCUT2D eigenvalue weighted by atomic mass is 32.1. The second-order valence-corrected chi connectivity index (χ2v) is 4.91. The van der Waals surface area contributed by atoms with E-state index in [1.165, 1.54) is 10.4 Å². The van der Waals surface area contributed by atoms with Crippen molar-refractivity contribution >= 4 is 16.3 Å². The zero-order valence-electron chi connectivity index (χ0n) is 9.33. The molecule has 0 spiro atoms. The molecule has 0 aromatic carbocycles. The quantitative estimate of drug-likeness (QED) is 0.803. The van der Waals surface area contributed by atoms with Gasteiger partial charge in [0.1, 0.15) is 5.82 Å². The summed E-state index contributed by atoms with van der Waals surface area (Å²) in [6.07, 6.45) is 0. The Balaban J connectivity index is 2.68. The van der Waals surface area contributed by atoms with Crippen LogP contribution in [0.4, 0.5) is 5.00 Å². The standard InChI is InChI=1S/C10H14N4S/c1-5-6(2)15-9(11)8(5)10-13-12-7(3)14(10)4/h11H2,1-4H3. The summed E-state index contributed by atoms with van der Waals surface area (Å²) in [6, 6.07) is 0. The van der Waals surface area contributed by atoms with E-state index in [0.29, 0.717) is 0 Å². The largest absolute Gasteiger partial charge is 0.390 e. The molecule has 2 N–H and O–H groups in total. The molecule has 2 aromatic rings. The molecule has 0 radical (unpaired) electrons. The number of nitrogens with two attached hydrogens (primary N) is 1. The van der Waals surface area contributed by atoms with E-state index in [9.17, 15) is 0 Å². The van der Waals surface area contributed by atoms with E-state index in [-0.39, 0.29) is 0 Å². The topological polar surface area (TPSA) is 56.7 Å². The zero-order chi connectivity index (χ0) is 11.2. The van der Waals surface area contributed by atoms with E-state index in [1.54, 1.807) is 11.3 Å². The van der Waals surface area contributed by atoms with Crippen LogP contribution in [0.25, 0.3) is 11.4 Å². The van der Waals surface area contributed by atoms with Crippen molar-refractivity contribution in [3.63, 3.8) is 0 Å². The van der Waals surface area contributed by atoms with Gasteiger partial charge in [0.25, 0.3) is 0 Å². The number of nitrogen functional groups attached to an aromatic ring is 1. The summed E-state index contributed by atoms with van der Waals surface area (Å²) in [7, 11) is 1.95. The molecule has 0 saturated carbocycles. The molecular weight excluding hydrogens is 208 g/mol. The van der Waals surface area contributed by atoms with Crippen molar-refractivity contribution in [2.75, 3.05) is 5.73 Å². The van der Waals surface area contributed by atoms with Gasteiger partial charge in [-0.05, 0) is 26.3 Å². The second-order valence-electron chi connectivity index (χ2n) is 3.65. The van der Waals surface area contributed by atoms with Crippen molar-refractivity contribution in [3.8, 4) is 11.4 Å². The molecule has 0 fully saturated rings. The summed E-state index contributed by atoms with van der Waals surface area (Å²) < 4.78 is 1.96. The number of thiophene rings is 1. The Labute approximate surface area is 92.8 Å². The third-order valence-electron chi connectivity index (χ3n) is 2.73. The number of aryl methyl sites for hydroxylation is 2. The monoisotopic (exact) mass is 222 g/mol. The van der Waals surface area contributed by atoms with Gasteiger partial charge in [0, 0.05) is 11.9 Å². The van der Waals surface area contributed by atoms with Crippen molar-refractivity contribution in [1.82, 2.24) is 14.8 Å². The van der Waals surface area contributed by atoms with Gasteiger partial charge in [0.2, 0.25) is 0 Å². The first-order chi connectivity index (χ1) is 7.02. The summed E-state index contributed by atoms with van der Waals surface area (Å²) in [4.78, 5) is 1.24. The van der Waals surface area contributed by atoms with E-state index < -0.39 is 0 Å². The molecule has 0 unspecified atom stereocenters. The Morgan fingerprint density at radius 2 is 1.87 bits per heavy atom. The second kappa shape index (κ2) is 3.34. The fourth-order valence-corrected chi connectivity index (χ4v) is 2.49. The van der Waals surface area contributed by atoms with Gasteiger partial charge < -0.3 is 10.3 Å². The predicted molar refractivity (Wildman–Crippen MR) is 62.9 cm³/mol. The van der Waals surface area contributed by atoms with Crippen LogP contribution in [-0.2, 0) is 7.05 Å². The molecule has 0 aliphatic carbocycles. The molecule has 0 aliphatic heterocycles. The molecule has 0 saturated heterocycles. The highest BCUT2D eigenvalue weighted by Gasteiger charge is 2.17. The predicted octanol–water partition coefficient (Wildman–Crippen LogP) is 2.05. The Morgan fingerprint density at radius 3 is 2.27 bits per heavy atom. The smallest absolute Gasteiger partial charge is 0.166 e. The third kappa shape index (κ3) is 1.43. The molecular formula is C10H14N4S. The van der Waals surface area contributed by atoms with Gasteiger partial charge in [-0.2, -0.15) is 0 Å². The molecule has 0 bridgehead atoms. The van der Waals surface area contributed by atoms with Crippen molar-refractivity contribution in [2.24, 2.45) is 7.05 Å². The molecule has 2 rings (SSSR count). The number of anilines is 1. The third-order valence-corrected chi connectivity index (χ3v) is 3.77. The maximum absolute atomic E-state index is 5.99. The minimum Gasteiger partial charge on any atom is -0.390 e. The van der Waals surface area contributed by atoms with Crippen molar-refractivity contribution < 1.29 is 0 Å². The highest BCUT2D eigenvalue weighted by Crippen LogP contribution is 2.36. The number of nitrogens with zero attached hydrogens (tertiary/aromatic N) is 3. The van der Waals surface area contributed by atoms with Crippen LogP contribution in [-0.4, -0.2) is 14.8 Å². The molecule has 80 valence electrons. The van der Waals surface area contributed by atoms with Gasteiger partial charge in [-0.3, -0.25) is 0 Å². The van der Waals surface area contributed by atoms with Crippen molar-refractivity contribution in [2.45, 2.75) is 20.8 Å². The van der Waals surface area contributed by atoms with E-state index in [1.807, 2.05) is 18.5 Å². The van der Waals surface area contributed by atoms with E-state index in [4.69, 9.17) is 5.73 Å². The lowest BCUT2D eigenvalue weighted by atomic mass is 10.1. The van der Waals surface area contributed by atoms with E-state index in [2.05, 4.69) is 24.0 Å². The molecule has 2 heterocycles.